The standard InChI is InChI=1S/C21H34/c1-17-7-9-18(10-8-17)11-12-19-13-15-21(16-14-19)20-5-3-2-4-6-20/h7,9,11-12,17-21H,2-6,8,10,13-16H2,1H3/b12-11+. The van der Waals surface area contributed by atoms with E-state index in [9.17, 15) is 0 Å². The van der Waals surface area contributed by atoms with E-state index < -0.39 is 0 Å². The predicted molar refractivity (Wildman–Crippen MR) is 92.2 cm³/mol. The molecule has 0 nitrogen and oxygen atoms in total. The van der Waals surface area contributed by atoms with E-state index in [4.69, 9.17) is 0 Å². The molecule has 0 N–H and O–H groups in total. The van der Waals surface area contributed by atoms with Gasteiger partial charge in [-0.3, -0.25) is 0 Å². The molecular weight excluding hydrogens is 252 g/mol. The first-order valence-electron chi connectivity index (χ1n) is 9.68. The number of rotatable bonds is 3. The number of allylic oxidation sites excluding steroid dienone is 4. The van der Waals surface area contributed by atoms with E-state index in [-0.39, 0.29) is 0 Å². The van der Waals surface area contributed by atoms with Crippen LogP contribution in [-0.2, 0) is 0 Å². The summed E-state index contributed by atoms with van der Waals surface area (Å²) in [7, 11) is 0. The molecule has 3 aliphatic rings. The normalized spacial score (nSPS) is 38.9. The van der Waals surface area contributed by atoms with Crippen molar-refractivity contribution in [1.82, 2.24) is 0 Å². The fourth-order valence-corrected chi connectivity index (χ4v) is 4.85. The molecule has 2 saturated carbocycles. The first kappa shape index (κ1) is 15.4. The van der Waals surface area contributed by atoms with Crippen LogP contribution in [0.2, 0.25) is 0 Å². The Morgan fingerprint density at radius 1 is 0.667 bits per heavy atom. The largest absolute Gasteiger partial charge is 0.0851 e. The fourth-order valence-electron chi connectivity index (χ4n) is 4.85. The quantitative estimate of drug-likeness (QED) is 0.517. The molecule has 0 spiro atoms. The second-order valence-corrected chi connectivity index (χ2v) is 8.06. The van der Waals surface area contributed by atoms with Crippen molar-refractivity contribution in [2.24, 2.45) is 29.6 Å². The highest BCUT2D eigenvalue weighted by atomic mass is 14.3. The van der Waals surface area contributed by atoms with Crippen molar-refractivity contribution in [2.75, 3.05) is 0 Å². The van der Waals surface area contributed by atoms with E-state index in [0.29, 0.717) is 0 Å². The van der Waals surface area contributed by atoms with E-state index in [1.165, 1.54) is 70.6 Å². The lowest BCUT2D eigenvalue weighted by Crippen LogP contribution is -2.23. The maximum Gasteiger partial charge on any atom is -0.00531 e. The smallest absolute Gasteiger partial charge is 0.00531 e. The monoisotopic (exact) mass is 286 g/mol. The highest BCUT2D eigenvalue weighted by molar-refractivity contribution is 5.06. The van der Waals surface area contributed by atoms with Crippen LogP contribution in [0, 0.1) is 29.6 Å². The van der Waals surface area contributed by atoms with E-state index in [1.807, 2.05) is 0 Å². The zero-order chi connectivity index (χ0) is 14.5. The van der Waals surface area contributed by atoms with Crippen LogP contribution in [0.15, 0.2) is 24.3 Å². The third-order valence-corrected chi connectivity index (χ3v) is 6.41. The molecule has 0 bridgehead atoms. The lowest BCUT2D eigenvalue weighted by atomic mass is 9.71. The van der Waals surface area contributed by atoms with Crippen molar-refractivity contribution in [3.63, 3.8) is 0 Å². The van der Waals surface area contributed by atoms with Crippen LogP contribution in [0.4, 0.5) is 0 Å². The molecular formula is C21H34. The first-order valence-corrected chi connectivity index (χ1v) is 9.68. The Morgan fingerprint density at radius 2 is 1.38 bits per heavy atom. The summed E-state index contributed by atoms with van der Waals surface area (Å²) >= 11 is 0. The number of hydrogen-bond donors (Lipinski definition) is 0. The van der Waals surface area contributed by atoms with E-state index in [2.05, 4.69) is 31.2 Å². The number of hydrogen-bond acceptors (Lipinski definition) is 0. The lowest BCUT2D eigenvalue weighted by Gasteiger charge is -2.35. The molecule has 3 aliphatic carbocycles. The maximum absolute atomic E-state index is 2.57. The van der Waals surface area contributed by atoms with Crippen LogP contribution in [0.3, 0.4) is 0 Å². The molecule has 0 aromatic heterocycles. The average Bonchev–Trinajstić information content (AvgIpc) is 2.56. The van der Waals surface area contributed by atoms with Gasteiger partial charge in [0.25, 0.3) is 0 Å². The summed E-state index contributed by atoms with van der Waals surface area (Å²) in [6.07, 6.45) is 26.2. The maximum atomic E-state index is 2.57. The van der Waals surface area contributed by atoms with Crippen molar-refractivity contribution < 1.29 is 0 Å². The summed E-state index contributed by atoms with van der Waals surface area (Å²) in [5.74, 6) is 4.59. The average molecular weight is 287 g/mol. The second-order valence-electron chi connectivity index (χ2n) is 8.06. The van der Waals surface area contributed by atoms with Gasteiger partial charge >= 0.3 is 0 Å². The van der Waals surface area contributed by atoms with Crippen LogP contribution >= 0.6 is 0 Å². The molecule has 0 heteroatoms. The highest BCUT2D eigenvalue weighted by Gasteiger charge is 2.27. The first-order chi connectivity index (χ1) is 10.3. The molecule has 2 unspecified atom stereocenters. The predicted octanol–water partition coefficient (Wildman–Crippen LogP) is 6.53. The molecule has 3 rings (SSSR count). The van der Waals surface area contributed by atoms with Crippen molar-refractivity contribution >= 4 is 0 Å². The summed E-state index contributed by atoms with van der Waals surface area (Å²) in [5, 5.41) is 0. The van der Waals surface area contributed by atoms with Crippen molar-refractivity contribution in [3.05, 3.63) is 24.3 Å². The summed E-state index contributed by atoms with van der Waals surface area (Å²) in [5.41, 5.74) is 0. The van der Waals surface area contributed by atoms with Gasteiger partial charge in [0.1, 0.15) is 0 Å². The minimum absolute atomic E-state index is 0.734. The van der Waals surface area contributed by atoms with Crippen LogP contribution in [0.1, 0.15) is 77.6 Å². The third kappa shape index (κ3) is 4.47. The molecule has 2 fully saturated rings. The molecule has 0 aliphatic heterocycles. The molecule has 0 aromatic rings. The Kier molecular flexibility index (Phi) is 5.61. The summed E-state index contributed by atoms with van der Waals surface area (Å²) in [6, 6.07) is 0. The van der Waals surface area contributed by atoms with Gasteiger partial charge in [-0.25, -0.2) is 0 Å². The molecule has 0 radical (unpaired) electrons. The van der Waals surface area contributed by atoms with Gasteiger partial charge in [-0.1, -0.05) is 63.3 Å². The molecule has 21 heavy (non-hydrogen) atoms. The lowest BCUT2D eigenvalue weighted by molar-refractivity contribution is 0.180. The Morgan fingerprint density at radius 3 is 2.05 bits per heavy atom. The van der Waals surface area contributed by atoms with Gasteiger partial charge in [0.2, 0.25) is 0 Å². The van der Waals surface area contributed by atoms with Crippen molar-refractivity contribution in [1.29, 1.82) is 0 Å². The zero-order valence-electron chi connectivity index (χ0n) is 14.0. The van der Waals surface area contributed by atoms with Crippen LogP contribution in [-0.4, -0.2) is 0 Å². The van der Waals surface area contributed by atoms with Crippen LogP contribution in [0.5, 0.6) is 0 Å². The highest BCUT2D eigenvalue weighted by Crippen LogP contribution is 2.40. The Balaban J connectivity index is 1.42. The molecule has 2 atom stereocenters. The van der Waals surface area contributed by atoms with Crippen molar-refractivity contribution in [2.45, 2.75) is 77.6 Å². The molecule has 0 amide bonds. The zero-order valence-corrected chi connectivity index (χ0v) is 14.0. The van der Waals surface area contributed by atoms with Gasteiger partial charge in [-0.15, -0.1) is 0 Å². The van der Waals surface area contributed by atoms with Crippen molar-refractivity contribution in [3.8, 4) is 0 Å². The summed E-state index contributed by atoms with van der Waals surface area (Å²) < 4.78 is 0. The van der Waals surface area contributed by atoms with Gasteiger partial charge in [0, 0.05) is 0 Å². The molecule has 0 heterocycles. The third-order valence-electron chi connectivity index (χ3n) is 6.41. The van der Waals surface area contributed by atoms with Crippen LogP contribution in [0.25, 0.3) is 0 Å². The van der Waals surface area contributed by atoms with Gasteiger partial charge in [0.15, 0.2) is 0 Å². The van der Waals surface area contributed by atoms with E-state index in [1.54, 1.807) is 0 Å². The Hall–Kier alpha value is -0.520. The molecule has 0 aromatic carbocycles. The molecule has 118 valence electrons. The SMILES string of the molecule is CC1C=CC(/C=C/C2CCC(C3CCCCC3)CC2)CC1. The Labute approximate surface area is 132 Å². The summed E-state index contributed by atoms with van der Waals surface area (Å²) in [4.78, 5) is 0. The van der Waals surface area contributed by atoms with Gasteiger partial charge in [0.05, 0.1) is 0 Å². The van der Waals surface area contributed by atoms with Crippen LogP contribution < -0.4 is 0 Å². The van der Waals surface area contributed by atoms with Gasteiger partial charge in [-0.05, 0) is 68.1 Å². The topological polar surface area (TPSA) is 0 Å². The second kappa shape index (κ2) is 7.65. The minimum atomic E-state index is 0.734. The van der Waals surface area contributed by atoms with E-state index in [0.717, 1.165) is 29.6 Å². The van der Waals surface area contributed by atoms with Gasteiger partial charge in [-0.2, -0.15) is 0 Å². The fraction of sp³-hybridized carbons (Fsp3) is 0.810. The Bertz CT molecular complexity index is 350. The summed E-state index contributed by atoms with van der Waals surface area (Å²) in [6.45, 7) is 2.34. The van der Waals surface area contributed by atoms with Gasteiger partial charge < -0.3 is 0 Å². The minimum Gasteiger partial charge on any atom is -0.0851 e. The van der Waals surface area contributed by atoms with E-state index >= 15 is 0 Å². The molecule has 0 saturated heterocycles.